The third-order valence-corrected chi connectivity index (χ3v) is 4.35. The van der Waals surface area contributed by atoms with Crippen LogP contribution in [0, 0.1) is 19.7 Å². The molecule has 128 valence electrons. The summed E-state index contributed by atoms with van der Waals surface area (Å²) in [5.74, 6) is 0.165. The molecule has 0 saturated carbocycles. The fraction of sp³-hybridized carbons (Fsp3) is 0.0952. The topological polar surface area (TPSA) is 41.9 Å². The Morgan fingerprint density at radius 1 is 0.808 bits per heavy atom. The van der Waals surface area contributed by atoms with E-state index in [-0.39, 0.29) is 5.82 Å². The van der Waals surface area contributed by atoms with Gasteiger partial charge in [-0.25, -0.2) is 14.4 Å². The smallest absolute Gasteiger partial charge is 0.235 e. The van der Waals surface area contributed by atoms with Gasteiger partial charge in [0.2, 0.25) is 5.95 Å². The summed E-state index contributed by atoms with van der Waals surface area (Å²) in [7, 11) is 0. The standard InChI is InChI=1S/C21H17FN4/c1-14-8-9-18(11-15(14)2)26(17-6-3-5-16(22)12-17)21-24-13-20-19(25-21)7-4-10-23-20/h3-13H,1-2H3. The summed E-state index contributed by atoms with van der Waals surface area (Å²) < 4.78 is 13.9. The Bertz CT molecular complexity index is 1090. The zero-order chi connectivity index (χ0) is 18.1. The van der Waals surface area contributed by atoms with Crippen molar-refractivity contribution < 1.29 is 4.39 Å². The van der Waals surface area contributed by atoms with Crippen LogP contribution in [0.1, 0.15) is 11.1 Å². The van der Waals surface area contributed by atoms with E-state index in [1.54, 1.807) is 18.5 Å². The molecule has 4 rings (SSSR count). The van der Waals surface area contributed by atoms with E-state index in [1.807, 2.05) is 42.2 Å². The maximum absolute atomic E-state index is 13.9. The van der Waals surface area contributed by atoms with Crippen molar-refractivity contribution in [3.8, 4) is 0 Å². The second-order valence-corrected chi connectivity index (χ2v) is 6.16. The van der Waals surface area contributed by atoms with Gasteiger partial charge in [0.15, 0.2) is 0 Å². The third kappa shape index (κ3) is 2.99. The average Bonchev–Trinajstić information content (AvgIpc) is 2.65. The van der Waals surface area contributed by atoms with Crippen molar-refractivity contribution in [3.63, 3.8) is 0 Å². The first kappa shape index (κ1) is 16.1. The number of rotatable bonds is 3. The molecule has 0 radical (unpaired) electrons. The summed E-state index contributed by atoms with van der Waals surface area (Å²) >= 11 is 0. The van der Waals surface area contributed by atoms with Gasteiger partial charge in [0.05, 0.1) is 17.4 Å². The molecular formula is C21H17FN4. The van der Waals surface area contributed by atoms with Crippen LogP contribution >= 0.6 is 0 Å². The average molecular weight is 344 g/mol. The summed E-state index contributed by atoms with van der Waals surface area (Å²) in [4.78, 5) is 15.2. The van der Waals surface area contributed by atoms with Crippen molar-refractivity contribution in [1.82, 2.24) is 15.0 Å². The monoisotopic (exact) mass is 344 g/mol. The molecule has 4 nitrogen and oxygen atoms in total. The highest BCUT2D eigenvalue weighted by Crippen LogP contribution is 2.33. The minimum atomic E-state index is -0.307. The summed E-state index contributed by atoms with van der Waals surface area (Å²) in [6.07, 6.45) is 3.39. The molecule has 26 heavy (non-hydrogen) atoms. The van der Waals surface area contributed by atoms with E-state index in [1.165, 1.54) is 17.7 Å². The number of pyridine rings is 1. The number of halogens is 1. The summed E-state index contributed by atoms with van der Waals surface area (Å²) in [5.41, 5.74) is 5.33. The zero-order valence-electron chi connectivity index (χ0n) is 14.5. The lowest BCUT2D eigenvalue weighted by Gasteiger charge is -2.24. The Morgan fingerprint density at radius 2 is 1.65 bits per heavy atom. The van der Waals surface area contributed by atoms with Crippen molar-refractivity contribution in [1.29, 1.82) is 0 Å². The van der Waals surface area contributed by atoms with Gasteiger partial charge in [-0.1, -0.05) is 12.1 Å². The quantitative estimate of drug-likeness (QED) is 0.509. The van der Waals surface area contributed by atoms with Gasteiger partial charge < -0.3 is 0 Å². The van der Waals surface area contributed by atoms with Crippen LogP contribution in [0.3, 0.4) is 0 Å². The molecule has 2 heterocycles. The second-order valence-electron chi connectivity index (χ2n) is 6.16. The molecule has 2 aromatic carbocycles. The molecule has 0 atom stereocenters. The number of hydrogen-bond donors (Lipinski definition) is 0. The molecule has 2 aromatic heterocycles. The Balaban J connectivity index is 1.92. The number of benzene rings is 2. The lowest BCUT2D eigenvalue weighted by atomic mass is 10.1. The van der Waals surface area contributed by atoms with Gasteiger partial charge in [0.1, 0.15) is 11.3 Å². The summed E-state index contributed by atoms with van der Waals surface area (Å²) in [6.45, 7) is 4.11. The molecule has 0 saturated heterocycles. The van der Waals surface area contributed by atoms with Gasteiger partial charge in [0.25, 0.3) is 0 Å². The molecule has 0 aliphatic heterocycles. The number of anilines is 3. The molecule has 0 fully saturated rings. The first-order valence-corrected chi connectivity index (χ1v) is 8.32. The highest BCUT2D eigenvalue weighted by Gasteiger charge is 2.17. The highest BCUT2D eigenvalue weighted by atomic mass is 19.1. The maximum Gasteiger partial charge on any atom is 0.235 e. The zero-order valence-corrected chi connectivity index (χ0v) is 14.5. The van der Waals surface area contributed by atoms with Crippen molar-refractivity contribution in [2.45, 2.75) is 13.8 Å². The van der Waals surface area contributed by atoms with Crippen molar-refractivity contribution >= 4 is 28.4 Å². The SMILES string of the molecule is Cc1ccc(N(c2cccc(F)c2)c2ncc3ncccc3n2)cc1C. The number of fused-ring (bicyclic) bond motifs is 1. The van der Waals surface area contributed by atoms with Crippen molar-refractivity contribution in [3.05, 3.63) is 83.9 Å². The van der Waals surface area contributed by atoms with Crippen LogP contribution in [0.4, 0.5) is 21.7 Å². The molecule has 0 N–H and O–H groups in total. The molecule has 0 aliphatic rings. The van der Waals surface area contributed by atoms with E-state index in [4.69, 9.17) is 0 Å². The number of aryl methyl sites for hydroxylation is 2. The predicted octanol–water partition coefficient (Wildman–Crippen LogP) is 5.25. The minimum Gasteiger partial charge on any atom is -0.279 e. The van der Waals surface area contributed by atoms with E-state index in [9.17, 15) is 4.39 Å². The first-order chi connectivity index (χ1) is 12.6. The molecule has 0 aliphatic carbocycles. The van der Waals surface area contributed by atoms with Crippen LogP contribution in [-0.4, -0.2) is 15.0 Å². The van der Waals surface area contributed by atoms with Gasteiger partial charge >= 0.3 is 0 Å². The Morgan fingerprint density at radius 3 is 2.46 bits per heavy atom. The van der Waals surface area contributed by atoms with Gasteiger partial charge in [-0.3, -0.25) is 9.88 Å². The van der Waals surface area contributed by atoms with Crippen molar-refractivity contribution in [2.24, 2.45) is 0 Å². The predicted molar refractivity (Wildman–Crippen MR) is 101 cm³/mol. The molecule has 0 bridgehead atoms. The van der Waals surface area contributed by atoms with E-state index in [0.29, 0.717) is 11.6 Å². The molecule has 5 heteroatoms. The first-order valence-electron chi connectivity index (χ1n) is 8.32. The largest absolute Gasteiger partial charge is 0.279 e. The van der Waals surface area contributed by atoms with Gasteiger partial charge in [-0.2, -0.15) is 0 Å². The van der Waals surface area contributed by atoms with E-state index >= 15 is 0 Å². The third-order valence-electron chi connectivity index (χ3n) is 4.35. The van der Waals surface area contributed by atoms with Crippen LogP contribution in [0.2, 0.25) is 0 Å². The Kier molecular flexibility index (Phi) is 4.05. The minimum absolute atomic E-state index is 0.307. The number of nitrogens with zero attached hydrogens (tertiary/aromatic N) is 4. The van der Waals surface area contributed by atoms with Crippen LogP contribution in [0.5, 0.6) is 0 Å². The van der Waals surface area contributed by atoms with Gasteiger partial charge in [-0.05, 0) is 67.4 Å². The normalized spacial score (nSPS) is 10.9. The van der Waals surface area contributed by atoms with Crippen molar-refractivity contribution in [2.75, 3.05) is 4.90 Å². The van der Waals surface area contributed by atoms with E-state index in [0.717, 1.165) is 22.3 Å². The lowest BCUT2D eigenvalue weighted by Crippen LogP contribution is -2.14. The maximum atomic E-state index is 13.9. The highest BCUT2D eigenvalue weighted by molar-refractivity contribution is 5.78. The second kappa shape index (κ2) is 6.52. The van der Waals surface area contributed by atoms with E-state index < -0.39 is 0 Å². The fourth-order valence-electron chi connectivity index (χ4n) is 2.83. The van der Waals surface area contributed by atoms with Gasteiger partial charge in [-0.15, -0.1) is 0 Å². The number of hydrogen-bond acceptors (Lipinski definition) is 4. The number of aromatic nitrogens is 3. The molecule has 4 aromatic rings. The van der Waals surface area contributed by atoms with Gasteiger partial charge in [0, 0.05) is 11.9 Å². The summed E-state index contributed by atoms with van der Waals surface area (Å²) in [6, 6.07) is 16.2. The van der Waals surface area contributed by atoms with Crippen LogP contribution < -0.4 is 4.90 Å². The molecule has 0 spiro atoms. The Hall–Kier alpha value is -3.34. The van der Waals surface area contributed by atoms with E-state index in [2.05, 4.69) is 27.9 Å². The summed E-state index contributed by atoms with van der Waals surface area (Å²) in [5, 5.41) is 0. The molecule has 0 amide bonds. The molecular weight excluding hydrogens is 327 g/mol. The molecule has 0 unspecified atom stereocenters. The van der Waals surface area contributed by atoms with Crippen LogP contribution in [0.25, 0.3) is 11.0 Å². The Labute approximate surface area is 151 Å². The lowest BCUT2D eigenvalue weighted by molar-refractivity contribution is 0.628. The fourth-order valence-corrected chi connectivity index (χ4v) is 2.83. The van der Waals surface area contributed by atoms with Crippen LogP contribution in [-0.2, 0) is 0 Å². The van der Waals surface area contributed by atoms with Crippen LogP contribution in [0.15, 0.2) is 67.0 Å².